The normalized spacial score (nSPS) is 12.1. The summed E-state index contributed by atoms with van der Waals surface area (Å²) in [5, 5.41) is 3.67. The minimum Gasteiger partial charge on any atom is -0.492 e. The Kier molecular flexibility index (Phi) is 12.3. The number of ether oxygens (including phenoxy) is 1. The van der Waals surface area contributed by atoms with E-state index in [-0.39, 0.29) is 29.0 Å². The second-order valence-electron chi connectivity index (χ2n) is 10.5. The van der Waals surface area contributed by atoms with Gasteiger partial charge in [-0.3, -0.25) is 13.9 Å². The molecule has 1 atom stereocenters. The highest BCUT2D eigenvalue weighted by molar-refractivity contribution is 7.92. The van der Waals surface area contributed by atoms with Crippen LogP contribution in [0.25, 0.3) is 0 Å². The molecule has 3 aromatic carbocycles. The van der Waals surface area contributed by atoms with E-state index < -0.39 is 28.5 Å². The SMILES string of the molecule is CCOc1ccccc1N(CC(=O)N(Cc1ccc(Cl)cc1Cl)[C@@H](CC)C(=O)NCC(C)C)S(=O)(=O)c1ccc(C)cc1. The predicted molar refractivity (Wildman–Crippen MR) is 172 cm³/mol. The zero-order chi connectivity index (χ0) is 31.7. The van der Waals surface area contributed by atoms with Gasteiger partial charge in [0.1, 0.15) is 18.3 Å². The van der Waals surface area contributed by atoms with E-state index >= 15 is 0 Å². The summed E-state index contributed by atoms with van der Waals surface area (Å²) < 4.78 is 35.1. The Bertz CT molecular complexity index is 1510. The number of rotatable bonds is 14. The third-order valence-electron chi connectivity index (χ3n) is 6.75. The van der Waals surface area contributed by atoms with E-state index in [1.54, 1.807) is 68.4 Å². The van der Waals surface area contributed by atoms with E-state index in [1.807, 2.05) is 20.8 Å². The summed E-state index contributed by atoms with van der Waals surface area (Å²) in [5.74, 6) is -0.416. The smallest absolute Gasteiger partial charge is 0.264 e. The van der Waals surface area contributed by atoms with Crippen LogP contribution in [0.3, 0.4) is 0 Å². The lowest BCUT2D eigenvalue weighted by Crippen LogP contribution is -2.52. The largest absolute Gasteiger partial charge is 0.492 e. The predicted octanol–water partition coefficient (Wildman–Crippen LogP) is 6.48. The lowest BCUT2D eigenvalue weighted by atomic mass is 10.1. The fourth-order valence-corrected chi connectivity index (χ4v) is 6.36. The number of aryl methyl sites for hydroxylation is 1. The summed E-state index contributed by atoms with van der Waals surface area (Å²) in [6.45, 7) is 9.49. The number of halogens is 2. The maximum atomic E-state index is 14.3. The van der Waals surface area contributed by atoms with E-state index in [1.165, 1.54) is 17.0 Å². The minimum atomic E-state index is -4.24. The number of para-hydroxylation sites is 2. The molecule has 0 fully saturated rings. The Labute approximate surface area is 265 Å². The molecule has 1 N–H and O–H groups in total. The molecular formula is C32H39Cl2N3O5S. The van der Waals surface area contributed by atoms with Crippen molar-refractivity contribution in [2.45, 2.75) is 58.5 Å². The van der Waals surface area contributed by atoms with Crippen molar-refractivity contribution in [3.63, 3.8) is 0 Å². The molecule has 2 amide bonds. The quantitative estimate of drug-likeness (QED) is 0.216. The first-order valence-corrected chi connectivity index (χ1v) is 16.4. The van der Waals surface area contributed by atoms with E-state index in [0.29, 0.717) is 40.9 Å². The standard InChI is InChI=1S/C32H39Cl2N3O5S/c1-6-28(32(39)35-19-22(3)4)36(20-24-14-15-25(33)18-27(24)34)31(38)21-37(29-10-8-9-11-30(29)42-7-2)43(40,41)26-16-12-23(5)13-17-26/h8-18,22,28H,6-7,19-21H2,1-5H3,(H,35,39)/t28-/m0/s1. The highest BCUT2D eigenvalue weighted by Gasteiger charge is 2.35. The number of carbonyl (C=O) groups is 2. The van der Waals surface area contributed by atoms with Crippen molar-refractivity contribution in [2.24, 2.45) is 5.92 Å². The maximum Gasteiger partial charge on any atom is 0.264 e. The maximum absolute atomic E-state index is 14.3. The molecule has 0 radical (unpaired) electrons. The van der Waals surface area contributed by atoms with Crippen molar-refractivity contribution < 1.29 is 22.7 Å². The van der Waals surface area contributed by atoms with Crippen LogP contribution in [0.5, 0.6) is 5.75 Å². The van der Waals surface area contributed by atoms with Gasteiger partial charge in [0.15, 0.2) is 0 Å². The Morgan fingerprint density at radius 3 is 2.26 bits per heavy atom. The van der Waals surface area contributed by atoms with Crippen molar-refractivity contribution in [2.75, 3.05) is 24.0 Å². The highest BCUT2D eigenvalue weighted by Crippen LogP contribution is 2.33. The Morgan fingerprint density at radius 2 is 1.65 bits per heavy atom. The number of nitrogens with one attached hydrogen (secondary N) is 1. The van der Waals surface area contributed by atoms with Gasteiger partial charge in [-0.15, -0.1) is 0 Å². The van der Waals surface area contributed by atoms with Gasteiger partial charge in [-0.25, -0.2) is 8.42 Å². The summed E-state index contributed by atoms with van der Waals surface area (Å²) in [6.07, 6.45) is 0.293. The number of nitrogens with zero attached hydrogens (tertiary/aromatic N) is 2. The number of hydrogen-bond donors (Lipinski definition) is 1. The summed E-state index contributed by atoms with van der Waals surface area (Å²) in [7, 11) is -4.24. The molecule has 0 bridgehead atoms. The number of sulfonamides is 1. The van der Waals surface area contributed by atoms with Gasteiger partial charge in [0, 0.05) is 23.1 Å². The van der Waals surface area contributed by atoms with Crippen LogP contribution in [-0.4, -0.2) is 50.9 Å². The number of carbonyl (C=O) groups excluding carboxylic acids is 2. The Balaban J connectivity index is 2.12. The van der Waals surface area contributed by atoms with Crippen LogP contribution in [0.1, 0.15) is 45.2 Å². The number of hydrogen-bond acceptors (Lipinski definition) is 5. The van der Waals surface area contributed by atoms with Crippen molar-refractivity contribution in [1.29, 1.82) is 0 Å². The van der Waals surface area contributed by atoms with Gasteiger partial charge < -0.3 is 15.0 Å². The van der Waals surface area contributed by atoms with Crippen LogP contribution in [0.15, 0.2) is 71.6 Å². The molecule has 3 rings (SSSR count). The third-order valence-corrected chi connectivity index (χ3v) is 9.11. The topological polar surface area (TPSA) is 96.0 Å². The molecule has 0 unspecified atom stereocenters. The molecule has 0 saturated carbocycles. The first-order valence-electron chi connectivity index (χ1n) is 14.2. The molecule has 8 nitrogen and oxygen atoms in total. The van der Waals surface area contributed by atoms with Crippen molar-refractivity contribution >= 4 is 50.7 Å². The van der Waals surface area contributed by atoms with Crippen LogP contribution in [0, 0.1) is 12.8 Å². The lowest BCUT2D eigenvalue weighted by molar-refractivity contribution is -0.140. The third kappa shape index (κ3) is 8.87. The molecule has 0 spiro atoms. The average molecular weight is 649 g/mol. The second kappa shape index (κ2) is 15.5. The summed E-state index contributed by atoms with van der Waals surface area (Å²) in [6, 6.07) is 17.1. The van der Waals surface area contributed by atoms with E-state index in [0.717, 1.165) is 9.87 Å². The molecule has 3 aromatic rings. The van der Waals surface area contributed by atoms with E-state index in [2.05, 4.69) is 5.32 Å². The first kappa shape index (κ1) is 34.2. The van der Waals surface area contributed by atoms with E-state index in [9.17, 15) is 18.0 Å². The number of amides is 2. The lowest BCUT2D eigenvalue weighted by Gasteiger charge is -2.34. The molecule has 0 aliphatic heterocycles. The van der Waals surface area contributed by atoms with Gasteiger partial charge in [-0.1, -0.05) is 79.9 Å². The molecule has 0 saturated heterocycles. The van der Waals surface area contributed by atoms with Gasteiger partial charge in [0.2, 0.25) is 11.8 Å². The van der Waals surface area contributed by atoms with Gasteiger partial charge in [-0.2, -0.15) is 0 Å². The highest BCUT2D eigenvalue weighted by atomic mass is 35.5. The second-order valence-corrected chi connectivity index (χ2v) is 13.3. The fraction of sp³-hybridized carbons (Fsp3) is 0.375. The average Bonchev–Trinajstić information content (AvgIpc) is 2.96. The minimum absolute atomic E-state index is 0.0196. The van der Waals surface area contributed by atoms with Crippen LogP contribution < -0.4 is 14.4 Å². The summed E-state index contributed by atoms with van der Waals surface area (Å²) >= 11 is 12.6. The molecule has 0 aliphatic carbocycles. The van der Waals surface area contributed by atoms with Gasteiger partial charge >= 0.3 is 0 Å². The fourth-order valence-electron chi connectivity index (χ4n) is 4.47. The summed E-state index contributed by atoms with van der Waals surface area (Å²) in [5.41, 5.74) is 1.66. The molecular weight excluding hydrogens is 609 g/mol. The van der Waals surface area contributed by atoms with Gasteiger partial charge in [0.05, 0.1) is 17.2 Å². The zero-order valence-electron chi connectivity index (χ0n) is 25.1. The Morgan fingerprint density at radius 1 is 0.977 bits per heavy atom. The van der Waals surface area contributed by atoms with Gasteiger partial charge in [-0.05, 0) is 68.1 Å². The van der Waals surface area contributed by atoms with Crippen LogP contribution in [0.2, 0.25) is 10.0 Å². The van der Waals surface area contributed by atoms with Crippen molar-refractivity contribution in [1.82, 2.24) is 10.2 Å². The van der Waals surface area contributed by atoms with Crippen molar-refractivity contribution in [3.8, 4) is 5.75 Å². The zero-order valence-corrected chi connectivity index (χ0v) is 27.5. The first-order chi connectivity index (χ1) is 20.4. The van der Waals surface area contributed by atoms with Crippen molar-refractivity contribution in [3.05, 3.63) is 87.9 Å². The van der Waals surface area contributed by atoms with Crippen LogP contribution >= 0.6 is 23.2 Å². The monoisotopic (exact) mass is 647 g/mol. The Hall–Kier alpha value is -3.27. The van der Waals surface area contributed by atoms with Crippen LogP contribution in [-0.2, 0) is 26.2 Å². The summed E-state index contributed by atoms with van der Waals surface area (Å²) in [4.78, 5) is 29.1. The van der Waals surface area contributed by atoms with E-state index in [4.69, 9.17) is 27.9 Å². The number of benzene rings is 3. The molecule has 0 aliphatic rings. The molecule has 11 heteroatoms. The molecule has 43 heavy (non-hydrogen) atoms. The molecule has 232 valence electrons. The van der Waals surface area contributed by atoms with Crippen LogP contribution in [0.4, 0.5) is 5.69 Å². The molecule has 0 heterocycles. The van der Waals surface area contributed by atoms with Gasteiger partial charge in [0.25, 0.3) is 10.0 Å². The molecule has 0 aromatic heterocycles. The number of anilines is 1.